The van der Waals surface area contributed by atoms with Crippen LogP contribution in [-0.4, -0.2) is 96.1 Å². The average molecular weight is 516 g/mol. The van der Waals surface area contributed by atoms with Crippen molar-refractivity contribution in [1.82, 2.24) is 15.1 Å². The summed E-state index contributed by atoms with van der Waals surface area (Å²) in [5.41, 5.74) is 2.29. The van der Waals surface area contributed by atoms with Crippen molar-refractivity contribution in [3.05, 3.63) is 53.6 Å². The number of carbonyl (C=O) groups excluding carboxylic acids is 2. The Morgan fingerprint density at radius 3 is 2.36 bits per heavy atom. The molecule has 0 saturated carbocycles. The lowest BCUT2D eigenvalue weighted by molar-refractivity contribution is -0.135. The number of benzene rings is 2. The number of morpholine rings is 1. The Bertz CT molecular complexity index is 1190. The Morgan fingerprint density at radius 2 is 1.69 bits per heavy atom. The molecule has 2 aromatic carbocycles. The van der Waals surface area contributed by atoms with Gasteiger partial charge in [0.05, 0.1) is 36.0 Å². The van der Waals surface area contributed by atoms with Gasteiger partial charge in [0.1, 0.15) is 0 Å². The molecule has 2 N–H and O–H groups in total. The van der Waals surface area contributed by atoms with Crippen LogP contribution in [0.4, 0.5) is 11.4 Å². The maximum absolute atomic E-state index is 13.2. The molecule has 2 aliphatic rings. The quantitative estimate of drug-likeness (QED) is 0.569. The Labute approximate surface area is 212 Å². The summed E-state index contributed by atoms with van der Waals surface area (Å²) in [5, 5.41) is 3.29. The monoisotopic (exact) mass is 515 g/mol. The zero-order valence-electron chi connectivity index (χ0n) is 20.7. The molecule has 2 heterocycles. The molecule has 36 heavy (non-hydrogen) atoms. The second-order valence-corrected chi connectivity index (χ2v) is 10.7. The number of likely N-dealkylation sites (N-methyl/N-ethyl adjacent to an activating group) is 1. The van der Waals surface area contributed by atoms with Crippen LogP contribution in [0.15, 0.2) is 47.4 Å². The number of piperazine rings is 1. The number of amides is 2. The van der Waals surface area contributed by atoms with Crippen LogP contribution in [0.5, 0.6) is 0 Å². The summed E-state index contributed by atoms with van der Waals surface area (Å²) >= 11 is 0. The number of nitrogens with zero attached hydrogens (tertiary/aromatic N) is 3. The average Bonchev–Trinajstić information content (AvgIpc) is 2.89. The van der Waals surface area contributed by atoms with Gasteiger partial charge in [-0.3, -0.25) is 14.3 Å². The van der Waals surface area contributed by atoms with Gasteiger partial charge in [0, 0.05) is 51.9 Å². The summed E-state index contributed by atoms with van der Waals surface area (Å²) in [4.78, 5) is 31.1. The predicted octanol–water partition coefficient (Wildman–Crippen LogP) is 1.14. The van der Waals surface area contributed by atoms with Gasteiger partial charge < -0.3 is 24.8 Å². The topological polar surface area (TPSA) is 111 Å². The molecule has 0 bridgehead atoms. The highest BCUT2D eigenvalue weighted by molar-refractivity contribution is 7.92. The first-order chi connectivity index (χ1) is 17.2. The van der Waals surface area contributed by atoms with Crippen LogP contribution in [0, 0.1) is 6.92 Å². The SMILES string of the molecule is Cc1ccc(S(=O)(=O)Nc2cc(C(=O)N(C)CC(=O)N3CCOCC3)ccc2N2CCNCC2)cc1. The molecule has 10 nitrogen and oxygen atoms in total. The fourth-order valence-electron chi connectivity index (χ4n) is 4.26. The van der Waals surface area contributed by atoms with E-state index in [9.17, 15) is 18.0 Å². The van der Waals surface area contributed by atoms with Crippen molar-refractivity contribution in [3.8, 4) is 0 Å². The van der Waals surface area contributed by atoms with Crippen LogP contribution >= 0.6 is 0 Å². The molecular formula is C25H33N5O5S. The molecule has 0 aliphatic carbocycles. The number of carbonyl (C=O) groups is 2. The molecule has 0 unspecified atom stereocenters. The molecular weight excluding hydrogens is 482 g/mol. The third-order valence-electron chi connectivity index (χ3n) is 6.36. The maximum Gasteiger partial charge on any atom is 0.261 e. The van der Waals surface area contributed by atoms with Crippen molar-refractivity contribution in [1.29, 1.82) is 0 Å². The number of nitrogens with one attached hydrogen (secondary N) is 2. The van der Waals surface area contributed by atoms with Crippen molar-refractivity contribution in [3.63, 3.8) is 0 Å². The van der Waals surface area contributed by atoms with Crippen LogP contribution < -0.4 is 14.9 Å². The molecule has 0 atom stereocenters. The van der Waals surface area contributed by atoms with Gasteiger partial charge in [-0.05, 0) is 37.3 Å². The van der Waals surface area contributed by atoms with E-state index < -0.39 is 10.0 Å². The normalized spacial score (nSPS) is 16.5. The van der Waals surface area contributed by atoms with Gasteiger partial charge in [0.25, 0.3) is 15.9 Å². The fourth-order valence-corrected chi connectivity index (χ4v) is 5.33. The maximum atomic E-state index is 13.2. The van der Waals surface area contributed by atoms with Crippen LogP contribution in [0.25, 0.3) is 0 Å². The largest absolute Gasteiger partial charge is 0.378 e. The molecule has 11 heteroatoms. The zero-order chi connectivity index (χ0) is 25.7. The zero-order valence-corrected chi connectivity index (χ0v) is 21.5. The molecule has 2 aromatic rings. The summed E-state index contributed by atoms with van der Waals surface area (Å²) < 4.78 is 34.4. The third-order valence-corrected chi connectivity index (χ3v) is 7.74. The summed E-state index contributed by atoms with van der Waals surface area (Å²) in [6.45, 7) is 6.78. The third kappa shape index (κ3) is 6.15. The highest BCUT2D eigenvalue weighted by atomic mass is 32.2. The van der Waals surface area contributed by atoms with Gasteiger partial charge in [-0.1, -0.05) is 17.7 Å². The van der Waals surface area contributed by atoms with Crippen molar-refractivity contribution in [2.24, 2.45) is 0 Å². The summed E-state index contributed by atoms with van der Waals surface area (Å²) in [7, 11) is -2.31. The van der Waals surface area contributed by atoms with Crippen molar-refractivity contribution < 1.29 is 22.7 Å². The second-order valence-electron chi connectivity index (χ2n) is 9.04. The molecule has 4 rings (SSSR count). The van der Waals surface area contributed by atoms with E-state index in [0.29, 0.717) is 56.3 Å². The van der Waals surface area contributed by atoms with Crippen LogP contribution in [0.2, 0.25) is 0 Å². The van der Waals surface area contributed by atoms with E-state index in [1.54, 1.807) is 54.4 Å². The van der Waals surface area contributed by atoms with Gasteiger partial charge in [-0.15, -0.1) is 0 Å². The lowest BCUT2D eigenvalue weighted by Gasteiger charge is -2.31. The molecule has 0 aromatic heterocycles. The molecule has 2 amide bonds. The first-order valence-electron chi connectivity index (χ1n) is 12.0. The van der Waals surface area contributed by atoms with E-state index in [2.05, 4.69) is 14.9 Å². The first kappa shape index (κ1) is 25.9. The number of aryl methyl sites for hydroxylation is 1. The number of hydrogen-bond donors (Lipinski definition) is 2. The van der Waals surface area contributed by atoms with Crippen LogP contribution in [0.1, 0.15) is 15.9 Å². The molecule has 0 radical (unpaired) electrons. The number of sulfonamides is 1. The molecule has 194 valence electrons. The minimum atomic E-state index is -3.88. The molecule has 2 aliphatic heterocycles. The van der Waals surface area contributed by atoms with Gasteiger partial charge in [-0.25, -0.2) is 8.42 Å². The molecule has 2 fully saturated rings. The smallest absolute Gasteiger partial charge is 0.261 e. The predicted molar refractivity (Wildman–Crippen MR) is 138 cm³/mol. The lowest BCUT2D eigenvalue weighted by atomic mass is 10.1. The van der Waals surface area contributed by atoms with Gasteiger partial charge in [0.2, 0.25) is 5.91 Å². The number of anilines is 2. The van der Waals surface area contributed by atoms with Crippen molar-refractivity contribution >= 4 is 33.2 Å². The Balaban J connectivity index is 1.58. The van der Waals surface area contributed by atoms with E-state index >= 15 is 0 Å². The summed E-state index contributed by atoms with van der Waals surface area (Å²) in [6.07, 6.45) is 0. The Hall–Kier alpha value is -3.15. The van der Waals surface area contributed by atoms with Crippen molar-refractivity contribution in [2.75, 3.05) is 75.7 Å². The van der Waals surface area contributed by atoms with Crippen LogP contribution in [-0.2, 0) is 19.6 Å². The summed E-state index contributed by atoms with van der Waals surface area (Å²) in [6, 6.07) is 11.6. The number of rotatable bonds is 7. The highest BCUT2D eigenvalue weighted by Gasteiger charge is 2.24. The highest BCUT2D eigenvalue weighted by Crippen LogP contribution is 2.30. The van der Waals surface area contributed by atoms with E-state index in [1.165, 1.54) is 4.90 Å². The lowest BCUT2D eigenvalue weighted by Crippen LogP contribution is -2.46. The van der Waals surface area contributed by atoms with E-state index in [0.717, 1.165) is 18.7 Å². The second kappa shape index (κ2) is 11.3. The first-order valence-corrected chi connectivity index (χ1v) is 13.5. The van der Waals surface area contributed by atoms with Gasteiger partial charge in [-0.2, -0.15) is 0 Å². The standard InChI is InChI=1S/C25H33N5O5S/c1-19-3-6-21(7-4-19)36(33,34)27-22-17-20(5-8-23(22)29-11-9-26-10-12-29)25(32)28(2)18-24(31)30-13-15-35-16-14-30/h3-8,17,26-27H,9-16,18H2,1-2H3. The van der Waals surface area contributed by atoms with E-state index in [4.69, 9.17) is 4.74 Å². The minimum Gasteiger partial charge on any atom is -0.378 e. The van der Waals surface area contributed by atoms with Gasteiger partial charge >= 0.3 is 0 Å². The van der Waals surface area contributed by atoms with Crippen LogP contribution in [0.3, 0.4) is 0 Å². The molecule has 2 saturated heterocycles. The number of ether oxygens (including phenoxy) is 1. The van der Waals surface area contributed by atoms with E-state index in [1.807, 2.05) is 6.92 Å². The minimum absolute atomic E-state index is 0.0667. The summed E-state index contributed by atoms with van der Waals surface area (Å²) in [5.74, 6) is -0.508. The van der Waals surface area contributed by atoms with E-state index in [-0.39, 0.29) is 23.3 Å². The molecule has 0 spiro atoms. The Kier molecular flexibility index (Phi) is 8.12. The fraction of sp³-hybridized carbons (Fsp3) is 0.440. The van der Waals surface area contributed by atoms with Crippen molar-refractivity contribution in [2.45, 2.75) is 11.8 Å². The van der Waals surface area contributed by atoms with Gasteiger partial charge in [0.15, 0.2) is 0 Å². The Morgan fingerprint density at radius 1 is 1.03 bits per heavy atom. The number of hydrogen-bond acceptors (Lipinski definition) is 7.